The minimum Gasteiger partial charge on any atom is -0.354 e. The van der Waals surface area contributed by atoms with Crippen LogP contribution in [-0.4, -0.2) is 44.8 Å². The number of amides is 2. The molecule has 0 aliphatic heterocycles. The van der Waals surface area contributed by atoms with Gasteiger partial charge in [-0.25, -0.2) is 9.07 Å². The van der Waals surface area contributed by atoms with Gasteiger partial charge in [0.25, 0.3) is 0 Å². The molecule has 3 aromatic carbocycles. The molecular weight excluding hydrogens is 469 g/mol. The molecule has 1 aromatic heterocycles. The number of halogens is 1. The monoisotopic (exact) mass is 501 g/mol. The van der Waals surface area contributed by atoms with Crippen molar-refractivity contribution in [3.63, 3.8) is 0 Å². The number of para-hydroxylation sites is 1. The third kappa shape index (κ3) is 6.78. The number of hydrogen-bond acceptors (Lipinski definition) is 4. The van der Waals surface area contributed by atoms with E-state index in [0.717, 1.165) is 17.5 Å². The highest BCUT2D eigenvalue weighted by atomic mass is 19.1. The lowest BCUT2D eigenvalue weighted by atomic mass is 10.0. The van der Waals surface area contributed by atoms with E-state index in [9.17, 15) is 14.0 Å². The summed E-state index contributed by atoms with van der Waals surface area (Å²) in [6, 6.07) is 22.1. The van der Waals surface area contributed by atoms with Crippen molar-refractivity contribution in [2.45, 2.75) is 39.3 Å². The zero-order valence-electron chi connectivity index (χ0n) is 21.2. The zero-order chi connectivity index (χ0) is 26.2. The minimum atomic E-state index is -0.918. The molecule has 0 aliphatic rings. The van der Waals surface area contributed by atoms with E-state index in [4.69, 9.17) is 0 Å². The van der Waals surface area contributed by atoms with Crippen LogP contribution in [0, 0.1) is 11.7 Å². The van der Waals surface area contributed by atoms with Gasteiger partial charge in [-0.05, 0) is 54.2 Å². The summed E-state index contributed by atoms with van der Waals surface area (Å²) in [6.45, 7) is 4.88. The van der Waals surface area contributed by atoms with Crippen LogP contribution in [0.25, 0.3) is 11.0 Å². The Morgan fingerprint density at radius 3 is 2.41 bits per heavy atom. The first-order chi connectivity index (χ1) is 17.9. The van der Waals surface area contributed by atoms with E-state index in [-0.39, 0.29) is 18.4 Å². The summed E-state index contributed by atoms with van der Waals surface area (Å²) in [4.78, 5) is 28.9. The molecule has 4 aromatic rings. The summed E-state index contributed by atoms with van der Waals surface area (Å²) in [5.74, 6) is -0.558. The van der Waals surface area contributed by atoms with Crippen LogP contribution in [0.1, 0.15) is 37.4 Å². The summed E-state index contributed by atoms with van der Waals surface area (Å²) in [6.07, 6.45) is 1.37. The molecule has 1 heterocycles. The molecule has 2 amide bonds. The van der Waals surface area contributed by atoms with Crippen molar-refractivity contribution in [3.8, 4) is 0 Å². The number of aromatic nitrogens is 3. The second-order valence-electron chi connectivity index (χ2n) is 9.49. The molecule has 1 atom stereocenters. The Morgan fingerprint density at radius 2 is 1.68 bits per heavy atom. The molecule has 0 bridgehead atoms. The van der Waals surface area contributed by atoms with E-state index in [2.05, 4.69) is 29.5 Å². The van der Waals surface area contributed by atoms with Crippen molar-refractivity contribution in [2.24, 2.45) is 5.92 Å². The topological polar surface area (TPSA) is 80.1 Å². The SMILES string of the molecule is CC(C)CCNC(=O)C(c1ccc(F)cc1)N(CCc1ccccc1)C(=O)Cn1nnc2ccccc21. The third-order valence-corrected chi connectivity index (χ3v) is 6.28. The number of hydrogen-bond donors (Lipinski definition) is 1. The van der Waals surface area contributed by atoms with Crippen LogP contribution in [0.2, 0.25) is 0 Å². The number of rotatable bonds is 11. The lowest BCUT2D eigenvalue weighted by molar-refractivity contribution is -0.141. The van der Waals surface area contributed by atoms with Gasteiger partial charge in [0.2, 0.25) is 11.8 Å². The number of carbonyl (C=O) groups excluding carboxylic acids is 2. The van der Waals surface area contributed by atoms with Gasteiger partial charge in [-0.15, -0.1) is 5.10 Å². The van der Waals surface area contributed by atoms with Gasteiger partial charge in [-0.1, -0.05) is 73.7 Å². The standard InChI is InChI=1S/C29H32FN5O2/c1-21(2)16-18-31-29(37)28(23-12-14-24(30)15-13-23)34(19-17-22-8-4-3-5-9-22)27(36)20-35-26-11-7-6-10-25(26)32-33-35/h3-15,21,28H,16-20H2,1-2H3,(H,31,37). The number of benzene rings is 3. The fourth-order valence-electron chi connectivity index (χ4n) is 4.24. The number of fused-ring (bicyclic) bond motifs is 1. The highest BCUT2D eigenvalue weighted by Crippen LogP contribution is 2.24. The van der Waals surface area contributed by atoms with E-state index in [1.54, 1.807) is 21.7 Å². The minimum absolute atomic E-state index is 0.0771. The van der Waals surface area contributed by atoms with Crippen molar-refractivity contribution in [1.29, 1.82) is 0 Å². The molecule has 0 saturated carbocycles. The fraction of sp³-hybridized carbons (Fsp3) is 0.310. The molecule has 0 fully saturated rings. The van der Waals surface area contributed by atoms with Gasteiger partial charge in [0.1, 0.15) is 23.9 Å². The molecule has 0 saturated heterocycles. The Kier molecular flexibility index (Phi) is 8.61. The maximum absolute atomic E-state index is 13.8. The van der Waals surface area contributed by atoms with Crippen molar-refractivity contribution in [3.05, 3.63) is 95.8 Å². The molecule has 0 radical (unpaired) electrons. The van der Waals surface area contributed by atoms with Crippen LogP contribution in [0.4, 0.5) is 4.39 Å². The first-order valence-electron chi connectivity index (χ1n) is 12.6. The average molecular weight is 502 g/mol. The Hall–Kier alpha value is -4.07. The van der Waals surface area contributed by atoms with E-state index in [0.29, 0.717) is 36.5 Å². The van der Waals surface area contributed by atoms with E-state index in [1.807, 2.05) is 54.6 Å². The lowest BCUT2D eigenvalue weighted by Gasteiger charge is -2.31. The first-order valence-corrected chi connectivity index (χ1v) is 12.6. The van der Waals surface area contributed by atoms with Gasteiger partial charge in [0.15, 0.2) is 0 Å². The van der Waals surface area contributed by atoms with E-state index >= 15 is 0 Å². The second-order valence-corrected chi connectivity index (χ2v) is 9.49. The van der Waals surface area contributed by atoms with Crippen LogP contribution in [-0.2, 0) is 22.6 Å². The second kappa shape index (κ2) is 12.3. The van der Waals surface area contributed by atoms with Crippen molar-refractivity contribution < 1.29 is 14.0 Å². The fourth-order valence-corrected chi connectivity index (χ4v) is 4.24. The molecule has 37 heavy (non-hydrogen) atoms. The van der Waals surface area contributed by atoms with Crippen molar-refractivity contribution in [2.75, 3.05) is 13.1 Å². The molecule has 1 N–H and O–H groups in total. The number of nitrogens with zero attached hydrogens (tertiary/aromatic N) is 4. The third-order valence-electron chi connectivity index (χ3n) is 6.28. The Bertz CT molecular complexity index is 1320. The van der Waals surface area contributed by atoms with Gasteiger partial charge < -0.3 is 10.2 Å². The van der Waals surface area contributed by atoms with Crippen LogP contribution in [0.15, 0.2) is 78.9 Å². The quantitative estimate of drug-likeness (QED) is 0.327. The Labute approximate surface area is 216 Å². The summed E-state index contributed by atoms with van der Waals surface area (Å²) in [5, 5.41) is 11.3. The summed E-state index contributed by atoms with van der Waals surface area (Å²) >= 11 is 0. The highest BCUT2D eigenvalue weighted by molar-refractivity contribution is 5.89. The van der Waals surface area contributed by atoms with E-state index < -0.39 is 11.9 Å². The largest absolute Gasteiger partial charge is 0.354 e. The van der Waals surface area contributed by atoms with Crippen LogP contribution in [0.3, 0.4) is 0 Å². The van der Waals surface area contributed by atoms with Crippen molar-refractivity contribution >= 4 is 22.8 Å². The summed E-state index contributed by atoms with van der Waals surface area (Å²) in [7, 11) is 0. The van der Waals surface area contributed by atoms with Crippen molar-refractivity contribution in [1.82, 2.24) is 25.2 Å². The first kappa shape index (κ1) is 26.0. The molecular formula is C29H32FN5O2. The molecule has 192 valence electrons. The normalized spacial score (nSPS) is 12.0. The zero-order valence-corrected chi connectivity index (χ0v) is 21.2. The van der Waals surface area contributed by atoms with Crippen LogP contribution < -0.4 is 5.32 Å². The molecule has 1 unspecified atom stereocenters. The maximum atomic E-state index is 13.8. The predicted molar refractivity (Wildman–Crippen MR) is 141 cm³/mol. The smallest absolute Gasteiger partial charge is 0.247 e. The molecule has 8 heteroatoms. The van der Waals surface area contributed by atoms with E-state index in [1.165, 1.54) is 12.1 Å². The average Bonchev–Trinajstić information content (AvgIpc) is 3.30. The van der Waals surface area contributed by atoms with Gasteiger partial charge in [0, 0.05) is 13.1 Å². The maximum Gasteiger partial charge on any atom is 0.247 e. The van der Waals surface area contributed by atoms with Crippen LogP contribution in [0.5, 0.6) is 0 Å². The summed E-state index contributed by atoms with van der Waals surface area (Å²) < 4.78 is 15.3. The molecule has 4 rings (SSSR count). The Morgan fingerprint density at radius 1 is 0.973 bits per heavy atom. The van der Waals surface area contributed by atoms with Gasteiger partial charge >= 0.3 is 0 Å². The predicted octanol–water partition coefficient (Wildman–Crippen LogP) is 4.55. The van der Waals surface area contributed by atoms with Crippen LogP contribution >= 0.6 is 0 Å². The number of nitrogens with one attached hydrogen (secondary N) is 1. The molecule has 7 nitrogen and oxygen atoms in total. The lowest BCUT2D eigenvalue weighted by Crippen LogP contribution is -2.46. The molecule has 0 spiro atoms. The van der Waals surface area contributed by atoms with Gasteiger partial charge in [-0.3, -0.25) is 9.59 Å². The Balaban J connectivity index is 1.66. The van der Waals surface area contributed by atoms with Gasteiger partial charge in [-0.2, -0.15) is 0 Å². The van der Waals surface area contributed by atoms with Gasteiger partial charge in [0.05, 0.1) is 5.52 Å². The highest BCUT2D eigenvalue weighted by Gasteiger charge is 2.31. The summed E-state index contributed by atoms with van der Waals surface area (Å²) in [5.41, 5.74) is 3.02. The number of carbonyl (C=O) groups is 2. The molecule has 0 aliphatic carbocycles.